The molecule has 0 aromatic heterocycles. The van der Waals surface area contributed by atoms with Gasteiger partial charge in [-0.2, -0.15) is 0 Å². The maximum atomic E-state index is 11.5. The summed E-state index contributed by atoms with van der Waals surface area (Å²) in [4.78, 5) is 34.1. The van der Waals surface area contributed by atoms with Gasteiger partial charge in [-0.3, -0.25) is 14.4 Å². The molecule has 16 heavy (non-hydrogen) atoms. The van der Waals surface area contributed by atoms with Gasteiger partial charge in [0.1, 0.15) is 11.7 Å². The molecule has 0 aliphatic rings. The number of hydrogen-bond donors (Lipinski definition) is 0. The van der Waals surface area contributed by atoms with Crippen molar-refractivity contribution < 1.29 is 23.9 Å². The molecule has 0 aliphatic heterocycles. The van der Waals surface area contributed by atoms with Gasteiger partial charge in [0.05, 0.1) is 19.6 Å². The molecule has 1 atom stereocenters. The number of rotatable bonds is 7. The van der Waals surface area contributed by atoms with E-state index in [9.17, 15) is 14.4 Å². The van der Waals surface area contributed by atoms with Gasteiger partial charge < -0.3 is 9.47 Å². The molecule has 0 unspecified atom stereocenters. The predicted molar refractivity (Wildman–Crippen MR) is 56.7 cm³/mol. The van der Waals surface area contributed by atoms with Crippen LogP contribution in [0.25, 0.3) is 0 Å². The van der Waals surface area contributed by atoms with E-state index in [1.807, 2.05) is 0 Å². The van der Waals surface area contributed by atoms with Gasteiger partial charge in [0.25, 0.3) is 0 Å². The Labute approximate surface area is 95.1 Å². The van der Waals surface area contributed by atoms with Crippen LogP contribution in [0.3, 0.4) is 0 Å². The van der Waals surface area contributed by atoms with E-state index in [1.165, 1.54) is 0 Å². The first-order valence-electron chi connectivity index (χ1n) is 5.41. The molecule has 0 aromatic rings. The van der Waals surface area contributed by atoms with Gasteiger partial charge in [-0.05, 0) is 13.8 Å². The molecule has 5 nitrogen and oxygen atoms in total. The zero-order chi connectivity index (χ0) is 12.6. The first-order valence-corrected chi connectivity index (χ1v) is 5.41. The lowest BCUT2D eigenvalue weighted by atomic mass is 9.98. The van der Waals surface area contributed by atoms with Crippen molar-refractivity contribution in [3.63, 3.8) is 0 Å². The summed E-state index contributed by atoms with van der Waals surface area (Å²) in [5, 5.41) is 0. The fourth-order valence-corrected chi connectivity index (χ4v) is 1.20. The van der Waals surface area contributed by atoms with Crippen LogP contribution in [0, 0.1) is 5.92 Å². The van der Waals surface area contributed by atoms with E-state index in [4.69, 9.17) is 9.47 Å². The summed E-state index contributed by atoms with van der Waals surface area (Å²) in [5.74, 6) is -2.53. The first kappa shape index (κ1) is 14.6. The van der Waals surface area contributed by atoms with E-state index < -0.39 is 17.9 Å². The highest BCUT2D eigenvalue weighted by Gasteiger charge is 2.29. The van der Waals surface area contributed by atoms with Crippen molar-refractivity contribution in [3.8, 4) is 0 Å². The van der Waals surface area contributed by atoms with Gasteiger partial charge in [0.15, 0.2) is 0 Å². The van der Waals surface area contributed by atoms with Crippen LogP contribution in [0.4, 0.5) is 0 Å². The van der Waals surface area contributed by atoms with Crippen LogP contribution in [0.15, 0.2) is 0 Å². The lowest BCUT2D eigenvalue weighted by Gasteiger charge is -2.12. The molecule has 0 bridgehead atoms. The Hall–Kier alpha value is -1.39. The van der Waals surface area contributed by atoms with E-state index >= 15 is 0 Å². The van der Waals surface area contributed by atoms with Crippen molar-refractivity contribution in [2.75, 3.05) is 13.2 Å². The van der Waals surface area contributed by atoms with Gasteiger partial charge in [-0.25, -0.2) is 0 Å². The normalized spacial score (nSPS) is 11.7. The molecule has 0 heterocycles. The Balaban J connectivity index is 4.49. The fourth-order valence-electron chi connectivity index (χ4n) is 1.20. The van der Waals surface area contributed by atoms with Crippen molar-refractivity contribution in [2.24, 2.45) is 5.92 Å². The van der Waals surface area contributed by atoms with Crippen LogP contribution in [0.5, 0.6) is 0 Å². The number of carbonyl (C=O) groups excluding carboxylic acids is 3. The molecule has 0 aliphatic carbocycles. The average Bonchev–Trinajstić information content (AvgIpc) is 2.25. The van der Waals surface area contributed by atoms with Gasteiger partial charge in [0.2, 0.25) is 0 Å². The minimum Gasteiger partial charge on any atom is -0.466 e. The highest BCUT2D eigenvalue weighted by atomic mass is 16.5. The Bertz CT molecular complexity index is 259. The number of Topliss-reactive ketones (excluding diaryl/α,β-unsaturated/α-hetero) is 1. The Morgan fingerprint density at radius 1 is 1.00 bits per heavy atom. The number of ether oxygens (including phenoxy) is 2. The van der Waals surface area contributed by atoms with Crippen molar-refractivity contribution in [1.29, 1.82) is 0 Å². The van der Waals surface area contributed by atoms with Gasteiger partial charge in [-0.1, -0.05) is 6.92 Å². The van der Waals surface area contributed by atoms with Gasteiger partial charge >= 0.3 is 11.9 Å². The number of ketones is 1. The maximum absolute atomic E-state index is 11.5. The van der Waals surface area contributed by atoms with Crippen molar-refractivity contribution in [3.05, 3.63) is 0 Å². The van der Waals surface area contributed by atoms with Crippen LogP contribution < -0.4 is 0 Å². The minimum atomic E-state index is -1.02. The smallest absolute Gasteiger partial charge is 0.317 e. The molecule has 0 rings (SSSR count). The van der Waals surface area contributed by atoms with Crippen LogP contribution in [0.2, 0.25) is 0 Å². The second-order valence-corrected chi connectivity index (χ2v) is 3.13. The summed E-state index contributed by atoms with van der Waals surface area (Å²) in [6.45, 7) is 5.37. The summed E-state index contributed by atoms with van der Waals surface area (Å²) in [5.41, 5.74) is 0. The number of hydrogen-bond acceptors (Lipinski definition) is 5. The quantitative estimate of drug-likeness (QED) is 0.484. The second kappa shape index (κ2) is 7.84. The molecule has 0 aromatic carbocycles. The summed E-state index contributed by atoms with van der Waals surface area (Å²) in [6, 6.07) is 0. The van der Waals surface area contributed by atoms with Crippen molar-refractivity contribution in [1.82, 2.24) is 0 Å². The molecule has 0 radical (unpaired) electrons. The molecule has 0 N–H and O–H groups in total. The maximum Gasteiger partial charge on any atom is 0.317 e. The molecule has 0 spiro atoms. The molecular weight excluding hydrogens is 212 g/mol. The Kier molecular flexibility index (Phi) is 7.16. The van der Waals surface area contributed by atoms with Crippen LogP contribution in [0.1, 0.15) is 33.6 Å². The molecule has 0 saturated heterocycles. The topological polar surface area (TPSA) is 69.7 Å². The molecule has 0 fully saturated rings. The second-order valence-electron chi connectivity index (χ2n) is 3.13. The van der Waals surface area contributed by atoms with Crippen LogP contribution >= 0.6 is 0 Å². The molecule has 92 valence electrons. The standard InChI is InChI=1S/C11H18O5/c1-4-9(12)8(11(14)16-6-3)7-10(13)15-5-2/h8H,4-7H2,1-3H3/t8-/m1/s1. The Morgan fingerprint density at radius 3 is 2.00 bits per heavy atom. The van der Waals surface area contributed by atoms with Gasteiger partial charge in [0, 0.05) is 6.42 Å². The lowest BCUT2D eigenvalue weighted by Crippen LogP contribution is -2.28. The van der Waals surface area contributed by atoms with Crippen molar-refractivity contribution in [2.45, 2.75) is 33.6 Å². The SMILES string of the molecule is CCOC(=O)C[C@H](C(=O)CC)C(=O)OCC. The zero-order valence-corrected chi connectivity index (χ0v) is 9.95. The number of esters is 2. The van der Waals surface area contributed by atoms with Crippen LogP contribution in [-0.2, 0) is 23.9 Å². The van der Waals surface area contributed by atoms with Gasteiger partial charge in [-0.15, -0.1) is 0 Å². The van der Waals surface area contributed by atoms with Crippen LogP contribution in [-0.4, -0.2) is 30.9 Å². The highest BCUT2D eigenvalue weighted by Crippen LogP contribution is 2.11. The van der Waals surface area contributed by atoms with E-state index in [2.05, 4.69) is 0 Å². The molecule has 5 heteroatoms. The summed E-state index contributed by atoms with van der Waals surface area (Å²) in [7, 11) is 0. The Morgan fingerprint density at radius 2 is 1.56 bits per heavy atom. The predicted octanol–water partition coefficient (Wildman–Crippen LogP) is 1.10. The first-order chi connectivity index (χ1) is 7.56. The minimum absolute atomic E-state index is 0.190. The third-order valence-electron chi connectivity index (χ3n) is 1.98. The molecule has 0 saturated carbocycles. The zero-order valence-electron chi connectivity index (χ0n) is 9.95. The molecular formula is C11H18O5. The lowest BCUT2D eigenvalue weighted by molar-refractivity contribution is -0.157. The van der Waals surface area contributed by atoms with E-state index in [-0.39, 0.29) is 31.8 Å². The third kappa shape index (κ3) is 4.91. The summed E-state index contributed by atoms with van der Waals surface area (Å²) >= 11 is 0. The summed E-state index contributed by atoms with van der Waals surface area (Å²) in [6.07, 6.45) is -0.0395. The van der Waals surface area contributed by atoms with E-state index in [0.29, 0.717) is 0 Å². The largest absolute Gasteiger partial charge is 0.466 e. The number of carbonyl (C=O) groups is 3. The third-order valence-corrected chi connectivity index (χ3v) is 1.98. The fraction of sp³-hybridized carbons (Fsp3) is 0.727. The van der Waals surface area contributed by atoms with Crippen molar-refractivity contribution >= 4 is 17.7 Å². The van der Waals surface area contributed by atoms with E-state index in [0.717, 1.165) is 0 Å². The average molecular weight is 230 g/mol. The summed E-state index contributed by atoms with van der Waals surface area (Å²) < 4.78 is 9.43. The monoisotopic (exact) mass is 230 g/mol. The highest BCUT2D eigenvalue weighted by molar-refractivity contribution is 6.01. The van der Waals surface area contributed by atoms with E-state index in [1.54, 1.807) is 20.8 Å². The molecule has 0 amide bonds.